The Morgan fingerprint density at radius 3 is 2.85 bits per heavy atom. The molecule has 0 spiro atoms. The molecule has 27 heavy (non-hydrogen) atoms. The van der Waals surface area contributed by atoms with Crippen LogP contribution in [-0.2, 0) is 31.5 Å². The molecule has 5 rings (SSSR count). The normalized spacial score (nSPS) is 22.2. The summed E-state index contributed by atoms with van der Waals surface area (Å²) in [4.78, 5) is 7.06. The molecule has 0 radical (unpaired) electrons. The quantitative estimate of drug-likeness (QED) is 0.760. The van der Waals surface area contributed by atoms with Crippen molar-refractivity contribution in [1.82, 2.24) is 14.5 Å². The van der Waals surface area contributed by atoms with Crippen LogP contribution in [0.1, 0.15) is 40.2 Å². The van der Waals surface area contributed by atoms with Gasteiger partial charge in [-0.1, -0.05) is 17.7 Å². The number of fused-ring (bicyclic) bond motifs is 4. The average molecular weight is 361 g/mol. The van der Waals surface area contributed by atoms with Gasteiger partial charge in [-0.3, -0.25) is 4.98 Å². The number of aliphatic hydroxyl groups is 1. The minimum absolute atomic E-state index is 0.614. The summed E-state index contributed by atoms with van der Waals surface area (Å²) in [5.41, 5.74) is 7.66. The lowest BCUT2D eigenvalue weighted by Gasteiger charge is -2.29. The van der Waals surface area contributed by atoms with Gasteiger partial charge in [0.2, 0.25) is 0 Å². The van der Waals surface area contributed by atoms with Crippen LogP contribution in [0.2, 0.25) is 0 Å². The van der Waals surface area contributed by atoms with E-state index in [1.165, 1.54) is 27.7 Å². The summed E-state index contributed by atoms with van der Waals surface area (Å²) in [6.45, 7) is 6.84. The summed E-state index contributed by atoms with van der Waals surface area (Å²) in [6.07, 6.45) is 2.64. The van der Waals surface area contributed by atoms with Gasteiger partial charge in [-0.2, -0.15) is 0 Å². The molecule has 0 saturated carbocycles. The van der Waals surface area contributed by atoms with E-state index in [4.69, 9.17) is 0 Å². The predicted octanol–water partition coefficient (Wildman–Crippen LogP) is 3.48. The van der Waals surface area contributed by atoms with Gasteiger partial charge in [0.1, 0.15) is 5.60 Å². The fourth-order valence-corrected chi connectivity index (χ4v) is 4.99. The number of rotatable bonds is 2. The van der Waals surface area contributed by atoms with Crippen molar-refractivity contribution < 1.29 is 5.11 Å². The van der Waals surface area contributed by atoms with Gasteiger partial charge in [-0.25, -0.2) is 0 Å². The smallest absolute Gasteiger partial charge is 0.110 e. The highest BCUT2D eigenvalue weighted by atomic mass is 16.3. The molecule has 1 aliphatic carbocycles. The minimum Gasteiger partial charge on any atom is -0.383 e. The van der Waals surface area contributed by atoms with Gasteiger partial charge in [-0.15, -0.1) is 0 Å². The lowest BCUT2D eigenvalue weighted by atomic mass is 9.96. The molecule has 140 valence electrons. The molecule has 0 fully saturated rings. The topological polar surface area (TPSA) is 41.3 Å². The Kier molecular flexibility index (Phi) is 3.72. The number of hydrogen-bond acceptors (Lipinski definition) is 3. The number of aromatic nitrogens is 2. The molecule has 0 bridgehead atoms. The Morgan fingerprint density at radius 2 is 2.00 bits per heavy atom. The van der Waals surface area contributed by atoms with E-state index >= 15 is 0 Å². The molecule has 2 aliphatic rings. The largest absolute Gasteiger partial charge is 0.383 e. The van der Waals surface area contributed by atoms with Crippen molar-refractivity contribution in [3.63, 3.8) is 0 Å². The number of benzene rings is 1. The molecule has 3 aromatic rings. The monoisotopic (exact) mass is 361 g/mol. The molecule has 1 aliphatic heterocycles. The van der Waals surface area contributed by atoms with Crippen LogP contribution in [0, 0.1) is 13.8 Å². The maximum Gasteiger partial charge on any atom is 0.110 e. The fraction of sp³-hybridized carbons (Fsp3) is 0.435. The van der Waals surface area contributed by atoms with Gasteiger partial charge in [0, 0.05) is 53.1 Å². The zero-order chi connectivity index (χ0) is 18.8. The van der Waals surface area contributed by atoms with E-state index < -0.39 is 5.60 Å². The number of likely N-dealkylation sites (N-methyl/N-ethyl adjacent to an activating group) is 1. The van der Waals surface area contributed by atoms with Crippen LogP contribution in [0.25, 0.3) is 10.9 Å². The molecule has 4 nitrogen and oxygen atoms in total. The van der Waals surface area contributed by atoms with E-state index in [9.17, 15) is 5.11 Å². The molecule has 2 aromatic heterocycles. The van der Waals surface area contributed by atoms with E-state index in [0.29, 0.717) is 6.54 Å². The summed E-state index contributed by atoms with van der Waals surface area (Å²) < 4.78 is 2.39. The Labute approximate surface area is 160 Å². The standard InChI is InChI=1S/C23H27N3O/c1-15-4-7-21-17(12-15)18-13-25(3)11-9-22(18)26(21)14-23(27)10-8-20-19(23)6-5-16(2)24-20/h4-7,12,27H,8-11,13-14H2,1-3H3. The maximum absolute atomic E-state index is 11.6. The third-order valence-corrected chi connectivity index (χ3v) is 6.41. The Morgan fingerprint density at radius 1 is 1.15 bits per heavy atom. The van der Waals surface area contributed by atoms with Gasteiger partial charge in [0.05, 0.1) is 6.54 Å². The molecule has 4 heteroatoms. The zero-order valence-corrected chi connectivity index (χ0v) is 16.4. The Hall–Kier alpha value is -2.17. The van der Waals surface area contributed by atoms with Gasteiger partial charge < -0.3 is 14.6 Å². The van der Waals surface area contributed by atoms with Crippen LogP contribution < -0.4 is 0 Å². The van der Waals surface area contributed by atoms with Crippen molar-refractivity contribution in [2.45, 2.75) is 51.8 Å². The zero-order valence-electron chi connectivity index (χ0n) is 16.4. The number of hydrogen-bond donors (Lipinski definition) is 1. The summed E-state index contributed by atoms with van der Waals surface area (Å²) >= 11 is 0. The first kappa shape index (κ1) is 17.0. The number of aryl methyl sites for hydroxylation is 3. The summed E-state index contributed by atoms with van der Waals surface area (Å²) in [6, 6.07) is 10.8. The second-order valence-electron chi connectivity index (χ2n) is 8.50. The van der Waals surface area contributed by atoms with Crippen LogP contribution >= 0.6 is 0 Å². The van der Waals surface area contributed by atoms with Crippen molar-refractivity contribution in [3.8, 4) is 0 Å². The predicted molar refractivity (Wildman–Crippen MR) is 108 cm³/mol. The Balaban J connectivity index is 1.65. The summed E-state index contributed by atoms with van der Waals surface area (Å²) in [7, 11) is 2.19. The van der Waals surface area contributed by atoms with Crippen LogP contribution in [0.15, 0.2) is 30.3 Å². The molecular weight excluding hydrogens is 334 g/mol. The SMILES string of the molecule is Cc1ccc2c(c1)c1c(n2CC2(O)CCc3nc(C)ccc32)CCN(C)C1. The third kappa shape index (κ3) is 2.62. The average Bonchev–Trinajstić information content (AvgIpc) is 3.10. The number of nitrogens with zero attached hydrogens (tertiary/aromatic N) is 3. The highest BCUT2D eigenvalue weighted by molar-refractivity contribution is 5.86. The molecule has 1 unspecified atom stereocenters. The van der Waals surface area contributed by atoms with Crippen molar-refractivity contribution in [1.29, 1.82) is 0 Å². The minimum atomic E-state index is -0.829. The van der Waals surface area contributed by atoms with Crippen LogP contribution in [0.4, 0.5) is 0 Å². The maximum atomic E-state index is 11.6. The van der Waals surface area contributed by atoms with Crippen LogP contribution in [0.3, 0.4) is 0 Å². The fourth-order valence-electron chi connectivity index (χ4n) is 4.99. The van der Waals surface area contributed by atoms with E-state index in [0.717, 1.165) is 49.3 Å². The summed E-state index contributed by atoms with van der Waals surface area (Å²) in [5.74, 6) is 0. The second kappa shape index (κ2) is 5.91. The molecule has 1 atom stereocenters. The van der Waals surface area contributed by atoms with E-state index in [1.807, 2.05) is 13.0 Å². The first-order chi connectivity index (χ1) is 12.9. The van der Waals surface area contributed by atoms with E-state index in [-0.39, 0.29) is 0 Å². The van der Waals surface area contributed by atoms with Crippen LogP contribution in [0.5, 0.6) is 0 Å². The van der Waals surface area contributed by atoms with E-state index in [2.05, 4.69) is 52.7 Å². The third-order valence-electron chi connectivity index (χ3n) is 6.41. The molecule has 0 amide bonds. The van der Waals surface area contributed by atoms with Crippen molar-refractivity contribution in [3.05, 3.63) is 64.1 Å². The lowest BCUT2D eigenvalue weighted by Crippen LogP contribution is -2.32. The molecule has 3 heterocycles. The molecule has 1 N–H and O–H groups in total. The first-order valence-electron chi connectivity index (χ1n) is 9.93. The van der Waals surface area contributed by atoms with Gasteiger partial charge >= 0.3 is 0 Å². The highest BCUT2D eigenvalue weighted by Gasteiger charge is 2.39. The van der Waals surface area contributed by atoms with Crippen molar-refractivity contribution in [2.75, 3.05) is 13.6 Å². The van der Waals surface area contributed by atoms with E-state index in [1.54, 1.807) is 0 Å². The highest BCUT2D eigenvalue weighted by Crippen LogP contribution is 2.40. The molecule has 0 saturated heterocycles. The van der Waals surface area contributed by atoms with Gasteiger partial charge in [0.15, 0.2) is 0 Å². The first-order valence-corrected chi connectivity index (χ1v) is 9.93. The lowest BCUT2D eigenvalue weighted by molar-refractivity contribution is 0.0206. The summed E-state index contributed by atoms with van der Waals surface area (Å²) in [5, 5.41) is 13.0. The van der Waals surface area contributed by atoms with Crippen molar-refractivity contribution >= 4 is 10.9 Å². The van der Waals surface area contributed by atoms with Crippen molar-refractivity contribution in [2.24, 2.45) is 0 Å². The molecular formula is C23H27N3O. The second-order valence-corrected chi connectivity index (χ2v) is 8.50. The van der Waals surface area contributed by atoms with Gasteiger partial charge in [0.25, 0.3) is 0 Å². The molecule has 1 aromatic carbocycles. The van der Waals surface area contributed by atoms with Gasteiger partial charge in [-0.05, 0) is 57.5 Å². The Bertz CT molecular complexity index is 1050. The van der Waals surface area contributed by atoms with Crippen LogP contribution in [-0.4, -0.2) is 33.1 Å². The number of pyridine rings is 1.